The average Bonchev–Trinajstić information content (AvgIpc) is 3.08. The van der Waals surface area contributed by atoms with E-state index in [4.69, 9.17) is 10.6 Å². The van der Waals surface area contributed by atoms with Crippen molar-refractivity contribution >= 4 is 13.4 Å². The monoisotopic (exact) mass is 454 g/mol. The highest BCUT2D eigenvalue weighted by molar-refractivity contribution is 7.55. The maximum absolute atomic E-state index is 13.2. The fraction of sp³-hybridized carbons (Fsp3) is 0.591. The number of hydroxylamine groups is 1. The van der Waals surface area contributed by atoms with Crippen LogP contribution in [0.15, 0.2) is 42.5 Å². The molecule has 1 amide bonds. The van der Waals surface area contributed by atoms with Gasteiger partial charge in [-0.2, -0.15) is 0 Å². The molecular weight excluding hydrogens is 419 g/mol. The van der Waals surface area contributed by atoms with Crippen molar-refractivity contribution in [2.75, 3.05) is 13.3 Å². The van der Waals surface area contributed by atoms with Gasteiger partial charge in [-0.25, -0.2) is 0 Å². The van der Waals surface area contributed by atoms with Gasteiger partial charge in [0.2, 0.25) is 5.79 Å². The molecule has 0 heterocycles. The second-order valence-corrected chi connectivity index (χ2v) is 10.7. The van der Waals surface area contributed by atoms with Gasteiger partial charge in [-0.15, -0.1) is 4.83 Å². The van der Waals surface area contributed by atoms with Crippen molar-refractivity contribution in [3.63, 3.8) is 0 Å². The van der Waals surface area contributed by atoms with Crippen LogP contribution in [0.4, 0.5) is 0 Å². The van der Waals surface area contributed by atoms with Crippen LogP contribution in [-0.4, -0.2) is 50.9 Å². The molecule has 1 aromatic carbocycles. The average molecular weight is 455 g/mol. The Morgan fingerprint density at radius 2 is 2.03 bits per heavy atom. The van der Waals surface area contributed by atoms with Crippen LogP contribution in [0.3, 0.4) is 0 Å². The molecule has 1 aliphatic rings. The highest BCUT2D eigenvalue weighted by Gasteiger charge is 2.47. The second-order valence-electron chi connectivity index (χ2n) is 8.57. The van der Waals surface area contributed by atoms with Gasteiger partial charge in [-0.05, 0) is 43.1 Å². The predicted molar refractivity (Wildman–Crippen MR) is 119 cm³/mol. The lowest BCUT2D eigenvalue weighted by atomic mass is 9.81. The summed E-state index contributed by atoms with van der Waals surface area (Å²) in [7, 11) is -2.27. The van der Waals surface area contributed by atoms with Gasteiger partial charge in [-0.1, -0.05) is 55.8 Å². The van der Waals surface area contributed by atoms with Gasteiger partial charge < -0.3 is 20.8 Å². The van der Waals surface area contributed by atoms with Crippen LogP contribution in [-0.2, 0) is 20.6 Å². The first kappa shape index (κ1) is 25.7. The van der Waals surface area contributed by atoms with Gasteiger partial charge in [0.15, 0.2) is 0 Å². The van der Waals surface area contributed by atoms with E-state index in [-0.39, 0.29) is 30.5 Å². The Kier molecular flexibility index (Phi) is 9.01. The van der Waals surface area contributed by atoms with E-state index < -0.39 is 19.2 Å². The smallest absolute Gasteiger partial charge is 0.293 e. The first-order valence-electron chi connectivity index (χ1n) is 10.6. The summed E-state index contributed by atoms with van der Waals surface area (Å²) in [6.45, 7) is 2.07. The number of carbonyl (C=O) groups is 1. The molecule has 3 atom stereocenters. The van der Waals surface area contributed by atoms with E-state index >= 15 is 0 Å². The molecular formula is C22H35N2O6P. The molecule has 2 rings (SSSR count). The number of amides is 1. The summed E-state index contributed by atoms with van der Waals surface area (Å²) in [4.78, 5) is 28.6. The Hall–Kier alpha value is -1.54. The molecule has 0 radical (unpaired) electrons. The number of carbonyl (C=O) groups excluding carboxylic acids is 1. The largest absolute Gasteiger partial charge is 0.365 e. The molecule has 5 N–H and O–H groups in total. The van der Waals surface area contributed by atoms with Gasteiger partial charge in [-0.3, -0.25) is 14.2 Å². The molecule has 9 heteroatoms. The van der Waals surface area contributed by atoms with Crippen molar-refractivity contribution in [1.29, 1.82) is 0 Å². The van der Waals surface area contributed by atoms with Crippen molar-refractivity contribution in [2.45, 2.75) is 63.7 Å². The van der Waals surface area contributed by atoms with Crippen molar-refractivity contribution in [2.24, 2.45) is 11.1 Å². The highest BCUT2D eigenvalue weighted by Crippen LogP contribution is 2.55. The van der Waals surface area contributed by atoms with Crippen LogP contribution in [0.1, 0.15) is 51.0 Å². The molecule has 31 heavy (non-hydrogen) atoms. The number of hydrogen-bond donors (Lipinski definition) is 4. The van der Waals surface area contributed by atoms with Gasteiger partial charge in [0.05, 0.1) is 13.2 Å². The molecule has 174 valence electrons. The first-order valence-corrected chi connectivity index (χ1v) is 12.4. The Bertz CT molecular complexity index is 800. The Morgan fingerprint density at radius 1 is 1.35 bits per heavy atom. The van der Waals surface area contributed by atoms with E-state index in [0.717, 1.165) is 24.8 Å². The van der Waals surface area contributed by atoms with Crippen LogP contribution in [0, 0.1) is 5.41 Å². The minimum Gasteiger partial charge on any atom is -0.365 e. The summed E-state index contributed by atoms with van der Waals surface area (Å²) in [6, 6.07) is 9.39. The summed E-state index contributed by atoms with van der Waals surface area (Å²) in [5.74, 6) is -3.69. The van der Waals surface area contributed by atoms with Crippen molar-refractivity contribution in [3.05, 3.63) is 48.0 Å². The Morgan fingerprint density at radius 3 is 2.65 bits per heavy atom. The molecule has 2 unspecified atom stereocenters. The van der Waals surface area contributed by atoms with Crippen LogP contribution >= 0.6 is 7.52 Å². The van der Waals surface area contributed by atoms with Crippen LogP contribution < -0.4 is 5.73 Å². The number of benzene rings is 1. The maximum atomic E-state index is 13.2. The fourth-order valence-electron chi connectivity index (χ4n) is 4.20. The lowest BCUT2D eigenvalue weighted by Crippen LogP contribution is -2.43. The van der Waals surface area contributed by atoms with Gasteiger partial charge in [0, 0.05) is 12.6 Å². The standard InChI is InChI=1S/C22H35N2O6P/c1-21(14-7-4-8-16-22(26,27)20(23)25)15-9-12-19(21)24(30-2)31(28,29)17-13-18-10-5-3-6-11-18/h3-7,10-11,19,26-27H,8-9,12-17H2,1-2H3,(H2,23,25)(H,28,29)/b7-4-/t19-,21?/m1/s1. The van der Waals surface area contributed by atoms with E-state index in [9.17, 15) is 24.5 Å². The zero-order valence-corrected chi connectivity index (χ0v) is 19.2. The topological polar surface area (TPSA) is 133 Å². The third-order valence-electron chi connectivity index (χ3n) is 6.13. The molecule has 0 saturated heterocycles. The zero-order valence-electron chi connectivity index (χ0n) is 18.3. The lowest BCUT2D eigenvalue weighted by molar-refractivity contribution is -0.183. The van der Waals surface area contributed by atoms with Gasteiger partial charge in [0.25, 0.3) is 13.4 Å². The van der Waals surface area contributed by atoms with Crippen molar-refractivity contribution < 1.29 is 29.3 Å². The molecule has 0 bridgehead atoms. The molecule has 1 aliphatic carbocycles. The lowest BCUT2D eigenvalue weighted by Gasteiger charge is -2.39. The molecule has 1 fully saturated rings. The van der Waals surface area contributed by atoms with Gasteiger partial charge >= 0.3 is 0 Å². The van der Waals surface area contributed by atoms with Crippen molar-refractivity contribution in [1.82, 2.24) is 4.83 Å². The molecule has 0 spiro atoms. The minimum absolute atomic E-state index is 0.107. The SMILES string of the molecule is CON([C@@H]1CCCC1(C)C/C=C\CCC(O)(O)C(N)=O)P(=O)(O)CCc1ccccc1. The van der Waals surface area contributed by atoms with Crippen LogP contribution in [0.5, 0.6) is 0 Å². The van der Waals surface area contributed by atoms with Crippen molar-refractivity contribution in [3.8, 4) is 0 Å². The van der Waals surface area contributed by atoms with E-state index in [1.807, 2.05) is 36.4 Å². The van der Waals surface area contributed by atoms with Crippen LogP contribution in [0.2, 0.25) is 0 Å². The van der Waals surface area contributed by atoms with E-state index in [1.165, 1.54) is 11.9 Å². The first-order chi connectivity index (χ1) is 14.5. The maximum Gasteiger partial charge on any atom is 0.293 e. The number of allylic oxidation sites excluding steroid dienone is 2. The van der Waals surface area contributed by atoms with E-state index in [0.29, 0.717) is 12.8 Å². The van der Waals surface area contributed by atoms with E-state index in [1.54, 1.807) is 6.08 Å². The summed E-state index contributed by atoms with van der Waals surface area (Å²) in [6.07, 6.45) is 7.57. The third kappa shape index (κ3) is 6.97. The summed E-state index contributed by atoms with van der Waals surface area (Å²) in [5, 5.41) is 19.0. The number of aryl methyl sites for hydroxylation is 1. The number of rotatable bonds is 12. The Balaban J connectivity index is 2.00. The number of hydrogen-bond acceptors (Lipinski definition) is 5. The number of nitrogens with zero attached hydrogens (tertiary/aromatic N) is 1. The van der Waals surface area contributed by atoms with Gasteiger partial charge in [0.1, 0.15) is 0 Å². The van der Waals surface area contributed by atoms with Crippen LogP contribution in [0.25, 0.3) is 0 Å². The highest BCUT2D eigenvalue weighted by atomic mass is 31.2. The summed E-state index contributed by atoms with van der Waals surface area (Å²) < 4.78 is 13.2. The minimum atomic E-state index is -3.71. The quantitative estimate of drug-likeness (QED) is 0.165. The zero-order chi connectivity index (χ0) is 23.1. The molecule has 8 nitrogen and oxygen atoms in total. The summed E-state index contributed by atoms with van der Waals surface area (Å²) in [5.41, 5.74) is 5.68. The number of primary amides is 1. The Labute approximate surface area is 184 Å². The predicted octanol–water partition coefficient (Wildman–Crippen LogP) is 2.73. The fourth-order valence-corrected chi connectivity index (χ4v) is 6.03. The molecule has 0 aliphatic heterocycles. The summed E-state index contributed by atoms with van der Waals surface area (Å²) >= 11 is 0. The number of aliphatic hydroxyl groups is 2. The third-order valence-corrected chi connectivity index (χ3v) is 8.00. The molecule has 1 aromatic rings. The number of nitrogens with two attached hydrogens (primary N) is 1. The molecule has 1 saturated carbocycles. The molecule has 0 aromatic heterocycles. The van der Waals surface area contributed by atoms with E-state index in [2.05, 4.69) is 6.92 Å². The second kappa shape index (κ2) is 10.9. The normalized spacial score (nSPS) is 24.0.